The van der Waals surface area contributed by atoms with Crippen molar-refractivity contribution >= 4 is 16.8 Å². The van der Waals surface area contributed by atoms with Crippen molar-refractivity contribution in [2.75, 3.05) is 13.2 Å². The number of pyridine rings is 1. The highest BCUT2D eigenvalue weighted by molar-refractivity contribution is 5.87. The number of carbonyl (C=O) groups excluding carboxylic acids is 1. The predicted octanol–water partition coefficient (Wildman–Crippen LogP) is 3.50. The van der Waals surface area contributed by atoms with Crippen molar-refractivity contribution in [2.45, 2.75) is 19.4 Å². The first-order valence-electron chi connectivity index (χ1n) is 8.54. The van der Waals surface area contributed by atoms with Crippen LogP contribution in [0.5, 0.6) is 0 Å². The van der Waals surface area contributed by atoms with E-state index in [1.807, 2.05) is 60.7 Å². The van der Waals surface area contributed by atoms with Crippen LogP contribution in [0.3, 0.4) is 0 Å². The van der Waals surface area contributed by atoms with Crippen LogP contribution in [0.25, 0.3) is 10.9 Å². The van der Waals surface area contributed by atoms with Gasteiger partial charge in [-0.05, 0) is 23.6 Å². The number of rotatable bonds is 8. The van der Waals surface area contributed by atoms with Gasteiger partial charge in [0.25, 0.3) is 0 Å². The quantitative estimate of drug-likeness (QED) is 0.642. The largest absolute Gasteiger partial charge is 0.377 e. The first-order chi connectivity index (χ1) is 12.3. The van der Waals surface area contributed by atoms with E-state index in [0.29, 0.717) is 26.2 Å². The molecule has 3 aromatic rings. The maximum absolute atomic E-state index is 12.1. The lowest BCUT2D eigenvalue weighted by atomic mass is 10.1. The lowest BCUT2D eigenvalue weighted by molar-refractivity contribution is -0.120. The highest BCUT2D eigenvalue weighted by Gasteiger charge is 2.07. The summed E-state index contributed by atoms with van der Waals surface area (Å²) >= 11 is 0. The van der Waals surface area contributed by atoms with Gasteiger partial charge in [-0.3, -0.25) is 9.78 Å². The summed E-state index contributed by atoms with van der Waals surface area (Å²) in [7, 11) is 0. The number of fused-ring (bicyclic) bond motifs is 1. The molecule has 0 atom stereocenters. The standard InChI is InChI=1S/C21H22N2O2/c24-20(15-19-10-4-9-18-11-5-12-23-21(18)19)22-13-6-14-25-16-17-7-2-1-3-8-17/h1-5,7-12H,6,13-16H2,(H,22,24). The minimum atomic E-state index is 0.0150. The molecule has 0 aliphatic carbocycles. The molecule has 0 unspecified atom stereocenters. The highest BCUT2D eigenvalue weighted by atomic mass is 16.5. The van der Waals surface area contributed by atoms with Gasteiger partial charge in [0, 0.05) is 24.7 Å². The normalized spacial score (nSPS) is 10.7. The molecule has 128 valence electrons. The van der Waals surface area contributed by atoms with Crippen LogP contribution < -0.4 is 5.32 Å². The minimum absolute atomic E-state index is 0.0150. The summed E-state index contributed by atoms with van der Waals surface area (Å²) in [6.45, 7) is 1.85. The van der Waals surface area contributed by atoms with E-state index in [0.717, 1.165) is 28.5 Å². The first kappa shape index (κ1) is 17.1. The third-order valence-electron chi connectivity index (χ3n) is 3.97. The number of amides is 1. The van der Waals surface area contributed by atoms with Gasteiger partial charge in [-0.25, -0.2) is 0 Å². The number of benzene rings is 2. The fourth-order valence-corrected chi connectivity index (χ4v) is 2.71. The Morgan fingerprint density at radius 1 is 1.00 bits per heavy atom. The minimum Gasteiger partial charge on any atom is -0.377 e. The van der Waals surface area contributed by atoms with Gasteiger partial charge in [0.05, 0.1) is 18.5 Å². The van der Waals surface area contributed by atoms with Crippen molar-refractivity contribution in [2.24, 2.45) is 0 Å². The Balaban J connectivity index is 1.38. The van der Waals surface area contributed by atoms with Gasteiger partial charge in [0.1, 0.15) is 0 Å². The number of hydrogen-bond acceptors (Lipinski definition) is 3. The molecule has 4 nitrogen and oxygen atoms in total. The van der Waals surface area contributed by atoms with Crippen molar-refractivity contribution in [3.63, 3.8) is 0 Å². The molecule has 0 saturated heterocycles. The van der Waals surface area contributed by atoms with E-state index in [4.69, 9.17) is 4.74 Å². The Morgan fingerprint density at radius 2 is 1.84 bits per heavy atom. The first-order valence-corrected chi connectivity index (χ1v) is 8.54. The molecule has 0 radical (unpaired) electrons. The summed E-state index contributed by atoms with van der Waals surface area (Å²) in [6, 6.07) is 19.9. The molecule has 0 bridgehead atoms. The van der Waals surface area contributed by atoms with Crippen molar-refractivity contribution in [3.8, 4) is 0 Å². The third kappa shape index (κ3) is 5.13. The molecule has 1 aromatic heterocycles. The average Bonchev–Trinajstić information content (AvgIpc) is 2.66. The van der Waals surface area contributed by atoms with Gasteiger partial charge in [-0.2, -0.15) is 0 Å². The number of ether oxygens (including phenoxy) is 1. The molecule has 4 heteroatoms. The van der Waals surface area contributed by atoms with Gasteiger partial charge in [0.2, 0.25) is 5.91 Å². The average molecular weight is 334 g/mol. The van der Waals surface area contributed by atoms with E-state index in [-0.39, 0.29) is 5.91 Å². The van der Waals surface area contributed by atoms with Crippen LogP contribution in [0.4, 0.5) is 0 Å². The van der Waals surface area contributed by atoms with E-state index in [2.05, 4.69) is 10.3 Å². The molecule has 1 N–H and O–H groups in total. The second-order valence-electron chi connectivity index (χ2n) is 5.91. The van der Waals surface area contributed by atoms with Gasteiger partial charge in [0.15, 0.2) is 0 Å². The number of nitrogens with zero attached hydrogens (tertiary/aromatic N) is 1. The molecule has 0 spiro atoms. The Hall–Kier alpha value is -2.72. The third-order valence-corrected chi connectivity index (χ3v) is 3.97. The SMILES string of the molecule is O=C(Cc1cccc2cccnc12)NCCCOCc1ccccc1. The van der Waals surface area contributed by atoms with Gasteiger partial charge < -0.3 is 10.1 Å². The summed E-state index contributed by atoms with van der Waals surface area (Å²) in [5, 5.41) is 4.01. The Kier molecular flexibility index (Phi) is 6.12. The molecule has 1 amide bonds. The summed E-state index contributed by atoms with van der Waals surface area (Å²) in [5.41, 5.74) is 3.01. The number of nitrogens with one attached hydrogen (secondary N) is 1. The van der Waals surface area contributed by atoms with E-state index in [9.17, 15) is 4.79 Å². The lowest BCUT2D eigenvalue weighted by Gasteiger charge is -2.08. The molecule has 1 heterocycles. The maximum Gasteiger partial charge on any atom is 0.224 e. The summed E-state index contributed by atoms with van der Waals surface area (Å²) in [5.74, 6) is 0.0150. The molecular formula is C21H22N2O2. The molecule has 0 fully saturated rings. The number of para-hydroxylation sites is 1. The lowest BCUT2D eigenvalue weighted by Crippen LogP contribution is -2.27. The van der Waals surface area contributed by atoms with Crippen LogP contribution in [-0.4, -0.2) is 24.0 Å². The summed E-state index contributed by atoms with van der Waals surface area (Å²) < 4.78 is 5.62. The van der Waals surface area contributed by atoms with Crippen LogP contribution in [-0.2, 0) is 22.6 Å². The fourth-order valence-electron chi connectivity index (χ4n) is 2.71. The Bertz CT molecular complexity index is 813. The fraction of sp³-hybridized carbons (Fsp3) is 0.238. The Morgan fingerprint density at radius 3 is 2.72 bits per heavy atom. The van der Waals surface area contributed by atoms with Gasteiger partial charge >= 0.3 is 0 Å². The molecule has 2 aromatic carbocycles. The highest BCUT2D eigenvalue weighted by Crippen LogP contribution is 2.16. The molecule has 0 aliphatic rings. The maximum atomic E-state index is 12.1. The van der Waals surface area contributed by atoms with Crippen molar-refractivity contribution in [1.29, 1.82) is 0 Å². The van der Waals surface area contributed by atoms with E-state index >= 15 is 0 Å². The van der Waals surface area contributed by atoms with Crippen molar-refractivity contribution in [1.82, 2.24) is 10.3 Å². The summed E-state index contributed by atoms with van der Waals surface area (Å²) in [6.07, 6.45) is 2.90. The van der Waals surface area contributed by atoms with Crippen molar-refractivity contribution < 1.29 is 9.53 Å². The molecule has 0 aliphatic heterocycles. The van der Waals surface area contributed by atoms with Crippen LogP contribution in [0, 0.1) is 0 Å². The van der Waals surface area contributed by atoms with Crippen LogP contribution >= 0.6 is 0 Å². The number of aromatic nitrogens is 1. The summed E-state index contributed by atoms with van der Waals surface area (Å²) in [4.78, 5) is 16.5. The van der Waals surface area contributed by atoms with E-state index in [1.165, 1.54) is 0 Å². The van der Waals surface area contributed by atoms with Crippen molar-refractivity contribution in [3.05, 3.63) is 78.0 Å². The topological polar surface area (TPSA) is 51.2 Å². The number of carbonyl (C=O) groups is 1. The van der Waals surface area contributed by atoms with E-state index < -0.39 is 0 Å². The second-order valence-corrected chi connectivity index (χ2v) is 5.91. The van der Waals surface area contributed by atoms with Gasteiger partial charge in [-0.1, -0.05) is 54.6 Å². The van der Waals surface area contributed by atoms with Crippen LogP contribution in [0.1, 0.15) is 17.5 Å². The van der Waals surface area contributed by atoms with Gasteiger partial charge in [-0.15, -0.1) is 0 Å². The zero-order valence-corrected chi connectivity index (χ0v) is 14.2. The molecular weight excluding hydrogens is 312 g/mol. The molecule has 3 rings (SSSR count). The molecule has 0 saturated carbocycles. The van der Waals surface area contributed by atoms with Crippen LogP contribution in [0.15, 0.2) is 66.9 Å². The predicted molar refractivity (Wildman–Crippen MR) is 99.2 cm³/mol. The van der Waals surface area contributed by atoms with Crippen LogP contribution in [0.2, 0.25) is 0 Å². The second kappa shape index (κ2) is 8.94. The monoisotopic (exact) mass is 334 g/mol. The molecule has 25 heavy (non-hydrogen) atoms. The zero-order chi connectivity index (χ0) is 17.3. The van der Waals surface area contributed by atoms with E-state index in [1.54, 1.807) is 6.20 Å². The Labute approximate surface area is 147 Å². The zero-order valence-electron chi connectivity index (χ0n) is 14.2. The number of hydrogen-bond donors (Lipinski definition) is 1. The smallest absolute Gasteiger partial charge is 0.224 e.